The van der Waals surface area contributed by atoms with Crippen LogP contribution in [0, 0.1) is 5.92 Å². The first kappa shape index (κ1) is 20.3. The van der Waals surface area contributed by atoms with Gasteiger partial charge in [-0.25, -0.2) is 14.6 Å². The molecule has 4 aromatic rings. The number of amides is 2. The van der Waals surface area contributed by atoms with Crippen LogP contribution in [0.2, 0.25) is 0 Å². The maximum absolute atomic E-state index is 13.1. The number of anilines is 1. The van der Waals surface area contributed by atoms with Gasteiger partial charge in [0, 0.05) is 29.4 Å². The van der Waals surface area contributed by atoms with Crippen LogP contribution in [0.3, 0.4) is 0 Å². The molecule has 2 amide bonds. The lowest BCUT2D eigenvalue weighted by Gasteiger charge is -2.19. The molecule has 9 heteroatoms. The summed E-state index contributed by atoms with van der Waals surface area (Å²) in [5, 5.41) is 10.8. The Bertz CT molecular complexity index is 1180. The van der Waals surface area contributed by atoms with E-state index in [0.717, 1.165) is 16.5 Å². The van der Waals surface area contributed by atoms with Crippen LogP contribution in [0.15, 0.2) is 61.4 Å². The van der Waals surface area contributed by atoms with E-state index in [0.29, 0.717) is 17.9 Å². The minimum atomic E-state index is -0.732. The van der Waals surface area contributed by atoms with E-state index < -0.39 is 6.04 Å². The second-order valence-electron chi connectivity index (χ2n) is 7.51. The summed E-state index contributed by atoms with van der Waals surface area (Å²) in [5.41, 5.74) is 2.47. The normalized spacial score (nSPS) is 12.1. The maximum Gasteiger partial charge on any atom is 0.247 e. The molecule has 4 rings (SSSR count). The first-order chi connectivity index (χ1) is 15.0. The van der Waals surface area contributed by atoms with Crippen molar-refractivity contribution < 1.29 is 9.59 Å². The number of carbonyl (C=O) groups excluding carboxylic acids is 2. The molecule has 3 aromatic heterocycles. The molecule has 0 aliphatic carbocycles. The van der Waals surface area contributed by atoms with Crippen LogP contribution in [0.5, 0.6) is 0 Å². The lowest BCUT2D eigenvalue weighted by molar-refractivity contribution is -0.128. The van der Waals surface area contributed by atoms with Gasteiger partial charge in [-0.3, -0.25) is 9.59 Å². The quantitative estimate of drug-likeness (QED) is 0.427. The second-order valence-corrected chi connectivity index (χ2v) is 7.51. The van der Waals surface area contributed by atoms with E-state index in [2.05, 4.69) is 30.7 Å². The molecule has 3 N–H and O–H groups in total. The summed E-state index contributed by atoms with van der Waals surface area (Å²) in [7, 11) is 0. The SMILES string of the molecule is CC(C)C(=O)NC(Cc1c[nH]c2ccccc12)C(=O)Nc1ccc(-n2cncn2)nc1. The zero-order chi connectivity index (χ0) is 21.8. The average Bonchev–Trinajstić information content (AvgIpc) is 3.44. The molecule has 0 aliphatic rings. The molecule has 0 fully saturated rings. The highest BCUT2D eigenvalue weighted by atomic mass is 16.2. The number of hydrogen-bond acceptors (Lipinski definition) is 5. The number of carbonyl (C=O) groups is 2. The number of fused-ring (bicyclic) bond motifs is 1. The summed E-state index contributed by atoms with van der Waals surface area (Å²) >= 11 is 0. The van der Waals surface area contributed by atoms with Gasteiger partial charge >= 0.3 is 0 Å². The van der Waals surface area contributed by atoms with E-state index in [1.165, 1.54) is 11.0 Å². The van der Waals surface area contributed by atoms with E-state index in [4.69, 9.17) is 0 Å². The monoisotopic (exact) mass is 417 g/mol. The van der Waals surface area contributed by atoms with Crippen LogP contribution in [-0.2, 0) is 16.0 Å². The molecule has 0 radical (unpaired) electrons. The summed E-state index contributed by atoms with van der Waals surface area (Å²) in [4.78, 5) is 36.8. The lowest BCUT2D eigenvalue weighted by Crippen LogP contribution is -2.46. The summed E-state index contributed by atoms with van der Waals surface area (Å²) in [6.07, 6.45) is 6.74. The summed E-state index contributed by atoms with van der Waals surface area (Å²) in [6.45, 7) is 3.59. The Labute approximate surface area is 178 Å². The highest BCUT2D eigenvalue weighted by Gasteiger charge is 2.24. The molecule has 0 saturated heterocycles. The Morgan fingerprint density at radius 1 is 1.13 bits per heavy atom. The van der Waals surface area contributed by atoms with Crippen LogP contribution in [0.4, 0.5) is 5.69 Å². The molecule has 31 heavy (non-hydrogen) atoms. The van der Waals surface area contributed by atoms with E-state index >= 15 is 0 Å². The van der Waals surface area contributed by atoms with Crippen molar-refractivity contribution in [3.8, 4) is 5.82 Å². The van der Waals surface area contributed by atoms with Crippen molar-refractivity contribution in [2.24, 2.45) is 5.92 Å². The van der Waals surface area contributed by atoms with Crippen molar-refractivity contribution in [3.63, 3.8) is 0 Å². The van der Waals surface area contributed by atoms with Gasteiger partial charge in [0.15, 0.2) is 5.82 Å². The molecule has 0 saturated carbocycles. The molecule has 1 aromatic carbocycles. The van der Waals surface area contributed by atoms with Crippen molar-refractivity contribution in [1.29, 1.82) is 0 Å². The maximum atomic E-state index is 13.1. The van der Waals surface area contributed by atoms with Crippen LogP contribution in [0.1, 0.15) is 19.4 Å². The molecular formula is C22H23N7O2. The van der Waals surface area contributed by atoms with Gasteiger partial charge in [-0.15, -0.1) is 0 Å². The topological polar surface area (TPSA) is 118 Å². The smallest absolute Gasteiger partial charge is 0.247 e. The van der Waals surface area contributed by atoms with Gasteiger partial charge in [0.25, 0.3) is 0 Å². The fraction of sp³-hybridized carbons (Fsp3) is 0.227. The molecule has 158 valence electrons. The lowest BCUT2D eigenvalue weighted by atomic mass is 10.0. The fourth-order valence-electron chi connectivity index (χ4n) is 3.22. The molecule has 1 atom stereocenters. The fourth-order valence-corrected chi connectivity index (χ4v) is 3.22. The first-order valence-corrected chi connectivity index (χ1v) is 9.98. The molecule has 0 spiro atoms. The number of pyridine rings is 1. The van der Waals surface area contributed by atoms with Gasteiger partial charge in [-0.1, -0.05) is 32.0 Å². The Kier molecular flexibility index (Phi) is 5.74. The first-order valence-electron chi connectivity index (χ1n) is 9.98. The number of nitrogens with one attached hydrogen (secondary N) is 3. The Morgan fingerprint density at radius 2 is 1.97 bits per heavy atom. The van der Waals surface area contributed by atoms with E-state index in [9.17, 15) is 9.59 Å². The number of nitrogens with zero attached hydrogens (tertiary/aromatic N) is 4. The van der Waals surface area contributed by atoms with E-state index in [1.807, 2.05) is 30.5 Å². The largest absolute Gasteiger partial charge is 0.361 e. The van der Waals surface area contributed by atoms with Gasteiger partial charge < -0.3 is 15.6 Å². The van der Waals surface area contributed by atoms with Gasteiger partial charge in [-0.05, 0) is 23.8 Å². The molecule has 1 unspecified atom stereocenters. The average molecular weight is 417 g/mol. The predicted molar refractivity (Wildman–Crippen MR) is 117 cm³/mol. The Morgan fingerprint density at radius 3 is 2.68 bits per heavy atom. The third-order valence-electron chi connectivity index (χ3n) is 4.93. The molecule has 0 aliphatic heterocycles. The number of H-pyrrole nitrogens is 1. The van der Waals surface area contributed by atoms with Crippen LogP contribution < -0.4 is 10.6 Å². The van der Waals surface area contributed by atoms with Crippen molar-refractivity contribution in [2.75, 3.05) is 5.32 Å². The molecule has 3 heterocycles. The number of para-hydroxylation sites is 1. The predicted octanol–water partition coefficient (Wildman–Crippen LogP) is 2.47. The minimum absolute atomic E-state index is 0.181. The third kappa shape index (κ3) is 4.61. The summed E-state index contributed by atoms with van der Waals surface area (Å²) < 4.78 is 1.52. The number of benzene rings is 1. The van der Waals surface area contributed by atoms with Crippen molar-refractivity contribution >= 4 is 28.4 Å². The molecular weight excluding hydrogens is 394 g/mol. The van der Waals surface area contributed by atoms with Gasteiger partial charge in [0.05, 0.1) is 11.9 Å². The number of aromatic amines is 1. The number of hydrogen-bond donors (Lipinski definition) is 3. The minimum Gasteiger partial charge on any atom is -0.361 e. The van der Waals surface area contributed by atoms with Gasteiger partial charge in [-0.2, -0.15) is 5.10 Å². The van der Waals surface area contributed by atoms with Crippen LogP contribution in [0.25, 0.3) is 16.7 Å². The third-order valence-corrected chi connectivity index (χ3v) is 4.93. The van der Waals surface area contributed by atoms with Gasteiger partial charge in [0.1, 0.15) is 18.7 Å². The molecule has 9 nitrogen and oxygen atoms in total. The summed E-state index contributed by atoms with van der Waals surface area (Å²) in [6, 6.07) is 10.6. The standard InChI is InChI=1S/C22H23N7O2/c1-14(2)21(30)28-19(9-15-10-24-18-6-4-3-5-17(15)18)22(31)27-16-7-8-20(25-11-16)29-13-23-12-26-29/h3-8,10-14,19,24H,9H2,1-2H3,(H,27,31)(H,28,30). The van der Waals surface area contributed by atoms with Crippen LogP contribution >= 0.6 is 0 Å². The van der Waals surface area contributed by atoms with Crippen molar-refractivity contribution in [1.82, 2.24) is 30.0 Å². The number of aromatic nitrogens is 5. The second kappa shape index (κ2) is 8.78. The van der Waals surface area contributed by atoms with Crippen molar-refractivity contribution in [2.45, 2.75) is 26.3 Å². The Hall–Kier alpha value is -4.01. The zero-order valence-electron chi connectivity index (χ0n) is 17.2. The molecule has 0 bridgehead atoms. The highest BCUT2D eigenvalue weighted by molar-refractivity contribution is 5.98. The van der Waals surface area contributed by atoms with Gasteiger partial charge in [0.2, 0.25) is 11.8 Å². The van der Waals surface area contributed by atoms with E-state index in [-0.39, 0.29) is 17.7 Å². The zero-order valence-corrected chi connectivity index (χ0v) is 17.2. The number of rotatable bonds is 7. The van der Waals surface area contributed by atoms with E-state index in [1.54, 1.807) is 38.5 Å². The Balaban J connectivity index is 1.52. The summed E-state index contributed by atoms with van der Waals surface area (Å²) in [5.74, 6) is -0.143. The van der Waals surface area contributed by atoms with Crippen molar-refractivity contribution in [3.05, 3.63) is 67.0 Å². The van der Waals surface area contributed by atoms with Crippen LogP contribution in [-0.4, -0.2) is 42.6 Å². The highest BCUT2D eigenvalue weighted by Crippen LogP contribution is 2.20.